The minimum absolute atomic E-state index is 0.0918. The number of hydrogen-bond donors (Lipinski definition) is 1. The van der Waals surface area contributed by atoms with Crippen LogP contribution in [0, 0.1) is 11.3 Å². The molecule has 6 heteroatoms. The Labute approximate surface area is 119 Å². The van der Waals surface area contributed by atoms with E-state index in [-0.39, 0.29) is 10.6 Å². The van der Waals surface area contributed by atoms with Crippen LogP contribution >= 0.6 is 0 Å². The minimum Gasteiger partial charge on any atom is -0.244 e. The second-order valence-corrected chi connectivity index (χ2v) is 6.51. The predicted molar refractivity (Wildman–Crippen MR) is 75.3 cm³/mol. The highest BCUT2D eigenvalue weighted by Crippen LogP contribution is 2.19. The lowest BCUT2D eigenvalue weighted by Gasteiger charge is -2.13. The van der Waals surface area contributed by atoms with Crippen molar-refractivity contribution >= 4 is 10.0 Å². The fraction of sp³-hybridized carbons (Fsp3) is 0.429. The third-order valence-corrected chi connectivity index (χ3v) is 4.73. The van der Waals surface area contributed by atoms with Gasteiger partial charge >= 0.3 is 0 Å². The van der Waals surface area contributed by atoms with Crippen LogP contribution in [0.25, 0.3) is 0 Å². The van der Waals surface area contributed by atoms with Gasteiger partial charge in [-0.1, -0.05) is 11.6 Å². The quantitative estimate of drug-likeness (QED) is 0.842. The molecule has 0 fully saturated rings. The second kappa shape index (κ2) is 6.64. The van der Waals surface area contributed by atoms with Crippen molar-refractivity contribution in [2.24, 2.45) is 0 Å². The molecule has 0 saturated heterocycles. The lowest BCUT2D eigenvalue weighted by Crippen LogP contribution is -2.25. The van der Waals surface area contributed by atoms with Gasteiger partial charge in [0.05, 0.1) is 0 Å². The molecule has 1 aliphatic carbocycles. The molecule has 1 aromatic heterocycles. The Morgan fingerprint density at radius 3 is 2.80 bits per heavy atom. The van der Waals surface area contributed by atoms with Crippen LogP contribution in [0.4, 0.5) is 0 Å². The monoisotopic (exact) mass is 291 g/mol. The van der Waals surface area contributed by atoms with Crippen molar-refractivity contribution in [3.8, 4) is 6.07 Å². The fourth-order valence-corrected chi connectivity index (χ4v) is 3.14. The van der Waals surface area contributed by atoms with Gasteiger partial charge in [-0.05, 0) is 44.2 Å². The van der Waals surface area contributed by atoms with E-state index >= 15 is 0 Å². The Morgan fingerprint density at radius 2 is 2.20 bits per heavy atom. The Hall–Kier alpha value is -1.71. The van der Waals surface area contributed by atoms with Gasteiger partial charge in [-0.25, -0.2) is 18.1 Å². The highest BCUT2D eigenvalue weighted by molar-refractivity contribution is 7.89. The molecule has 5 nitrogen and oxygen atoms in total. The first kappa shape index (κ1) is 14.7. The number of nitrogens with zero attached hydrogens (tertiary/aromatic N) is 2. The molecule has 0 spiro atoms. The molecule has 1 aromatic rings. The van der Waals surface area contributed by atoms with Crippen LogP contribution in [-0.4, -0.2) is 19.9 Å². The molecule has 1 N–H and O–H groups in total. The van der Waals surface area contributed by atoms with Crippen molar-refractivity contribution in [1.29, 1.82) is 5.26 Å². The van der Waals surface area contributed by atoms with Crippen LogP contribution in [0.3, 0.4) is 0 Å². The summed E-state index contributed by atoms with van der Waals surface area (Å²) >= 11 is 0. The molecule has 0 saturated carbocycles. The number of nitriles is 1. The molecule has 0 atom stereocenters. The molecule has 0 bridgehead atoms. The smallest absolute Gasteiger partial charge is 0.242 e. The summed E-state index contributed by atoms with van der Waals surface area (Å²) in [5, 5.41) is 8.63. The maximum absolute atomic E-state index is 12.0. The van der Waals surface area contributed by atoms with Gasteiger partial charge in [0.1, 0.15) is 16.7 Å². The Bertz CT molecular complexity index is 627. The van der Waals surface area contributed by atoms with Crippen molar-refractivity contribution in [3.63, 3.8) is 0 Å². The summed E-state index contributed by atoms with van der Waals surface area (Å²) < 4.78 is 26.6. The molecule has 0 aliphatic heterocycles. The third-order valence-electron chi connectivity index (χ3n) is 3.28. The van der Waals surface area contributed by atoms with Crippen LogP contribution < -0.4 is 4.72 Å². The van der Waals surface area contributed by atoms with E-state index in [1.54, 1.807) is 0 Å². The SMILES string of the molecule is N#Cc1ccc(S(=O)(=O)NCCC2=CCCCC2)cn1. The van der Waals surface area contributed by atoms with Crippen molar-refractivity contribution in [1.82, 2.24) is 9.71 Å². The van der Waals surface area contributed by atoms with E-state index in [1.807, 2.05) is 6.07 Å². The Balaban J connectivity index is 1.93. The summed E-state index contributed by atoms with van der Waals surface area (Å²) in [5.41, 5.74) is 1.54. The summed E-state index contributed by atoms with van der Waals surface area (Å²) in [7, 11) is -3.54. The van der Waals surface area contributed by atoms with E-state index in [9.17, 15) is 8.42 Å². The van der Waals surface area contributed by atoms with Crippen molar-refractivity contribution < 1.29 is 8.42 Å². The number of nitrogens with one attached hydrogen (secondary N) is 1. The minimum atomic E-state index is -3.54. The number of rotatable bonds is 5. The third kappa shape index (κ3) is 3.89. The van der Waals surface area contributed by atoms with Crippen molar-refractivity contribution in [2.75, 3.05) is 6.54 Å². The van der Waals surface area contributed by atoms with E-state index in [1.165, 1.54) is 36.7 Å². The molecule has 2 rings (SSSR count). The summed E-state index contributed by atoms with van der Waals surface area (Å²) in [6, 6.07) is 4.66. The van der Waals surface area contributed by atoms with E-state index in [4.69, 9.17) is 5.26 Å². The number of pyridine rings is 1. The zero-order chi connectivity index (χ0) is 14.4. The predicted octanol–water partition coefficient (Wildman–Crippen LogP) is 2.12. The molecule has 0 unspecified atom stereocenters. The largest absolute Gasteiger partial charge is 0.244 e. The number of hydrogen-bond acceptors (Lipinski definition) is 4. The molecule has 1 heterocycles. The molecule has 0 aromatic carbocycles. The molecule has 20 heavy (non-hydrogen) atoms. The summed E-state index contributed by atoms with van der Waals surface area (Å²) in [5.74, 6) is 0. The van der Waals surface area contributed by atoms with Gasteiger partial charge < -0.3 is 0 Å². The van der Waals surface area contributed by atoms with Crippen LogP contribution in [0.15, 0.2) is 34.9 Å². The zero-order valence-electron chi connectivity index (χ0n) is 11.2. The normalized spacial score (nSPS) is 15.4. The topological polar surface area (TPSA) is 82.8 Å². The lowest BCUT2D eigenvalue weighted by molar-refractivity contribution is 0.579. The van der Waals surface area contributed by atoms with Gasteiger partial charge in [0, 0.05) is 12.7 Å². The van der Waals surface area contributed by atoms with Crippen LogP contribution in [0.2, 0.25) is 0 Å². The molecule has 1 aliphatic rings. The Kier molecular flexibility index (Phi) is 4.88. The highest BCUT2D eigenvalue weighted by Gasteiger charge is 2.14. The second-order valence-electron chi connectivity index (χ2n) is 4.75. The van der Waals surface area contributed by atoms with Gasteiger partial charge in [-0.3, -0.25) is 0 Å². The first-order chi connectivity index (χ1) is 9.62. The zero-order valence-corrected chi connectivity index (χ0v) is 12.0. The fourth-order valence-electron chi connectivity index (χ4n) is 2.17. The van der Waals surface area contributed by atoms with Gasteiger partial charge in [-0.2, -0.15) is 5.26 Å². The maximum atomic E-state index is 12.0. The highest BCUT2D eigenvalue weighted by atomic mass is 32.2. The van der Waals surface area contributed by atoms with Crippen molar-refractivity contribution in [3.05, 3.63) is 35.7 Å². The maximum Gasteiger partial charge on any atom is 0.242 e. The summed E-state index contributed by atoms with van der Waals surface area (Å²) in [6.07, 6.45) is 8.76. The number of sulfonamides is 1. The van der Waals surface area contributed by atoms with E-state index < -0.39 is 10.0 Å². The first-order valence-corrected chi connectivity index (χ1v) is 8.14. The molecular weight excluding hydrogens is 274 g/mol. The summed E-state index contributed by atoms with van der Waals surface area (Å²) in [6.45, 7) is 0.397. The van der Waals surface area contributed by atoms with Gasteiger partial charge in [0.2, 0.25) is 10.0 Å². The van der Waals surface area contributed by atoms with E-state index in [2.05, 4.69) is 15.8 Å². The molecule has 0 radical (unpaired) electrons. The van der Waals surface area contributed by atoms with Crippen LogP contribution in [-0.2, 0) is 10.0 Å². The van der Waals surface area contributed by atoms with Crippen LogP contribution in [0.1, 0.15) is 37.8 Å². The number of allylic oxidation sites excluding steroid dienone is 1. The average Bonchev–Trinajstić information content (AvgIpc) is 2.48. The van der Waals surface area contributed by atoms with E-state index in [0.717, 1.165) is 19.3 Å². The van der Waals surface area contributed by atoms with Crippen molar-refractivity contribution in [2.45, 2.75) is 37.0 Å². The first-order valence-electron chi connectivity index (χ1n) is 6.65. The molecule has 0 amide bonds. The standard InChI is InChI=1S/C14H17N3O2S/c15-10-13-6-7-14(11-16-13)20(18,19)17-9-8-12-4-2-1-3-5-12/h4,6-7,11,17H,1-3,5,8-9H2. The lowest BCUT2D eigenvalue weighted by atomic mass is 9.97. The van der Waals surface area contributed by atoms with Crippen LogP contribution in [0.5, 0.6) is 0 Å². The van der Waals surface area contributed by atoms with Gasteiger partial charge in [-0.15, -0.1) is 0 Å². The number of aromatic nitrogens is 1. The summed E-state index contributed by atoms with van der Waals surface area (Å²) in [4.78, 5) is 3.86. The Morgan fingerprint density at radius 1 is 1.35 bits per heavy atom. The van der Waals surface area contributed by atoms with Gasteiger partial charge in [0.15, 0.2) is 0 Å². The van der Waals surface area contributed by atoms with E-state index in [0.29, 0.717) is 6.54 Å². The molecule has 106 valence electrons. The molecular formula is C14H17N3O2S. The average molecular weight is 291 g/mol. The van der Waals surface area contributed by atoms with Gasteiger partial charge in [0.25, 0.3) is 0 Å².